The summed E-state index contributed by atoms with van der Waals surface area (Å²) in [5.74, 6) is -0.0127. The third-order valence-corrected chi connectivity index (χ3v) is 5.99. The van der Waals surface area contributed by atoms with Crippen LogP contribution in [0.3, 0.4) is 0 Å². The first-order chi connectivity index (χ1) is 12.9. The fraction of sp³-hybridized carbons (Fsp3) is 0.143. The molecular formula is C21H20FNO3S. The summed E-state index contributed by atoms with van der Waals surface area (Å²) in [6, 6.07) is 19.5. The Kier molecular flexibility index (Phi) is 5.46. The van der Waals surface area contributed by atoms with E-state index in [-0.39, 0.29) is 11.4 Å². The monoisotopic (exact) mass is 385 g/mol. The van der Waals surface area contributed by atoms with Crippen molar-refractivity contribution in [2.75, 3.05) is 11.4 Å². The minimum Gasteiger partial charge on any atom is -0.497 e. The van der Waals surface area contributed by atoms with E-state index in [0.717, 1.165) is 5.56 Å². The SMILES string of the molecule is COc1cccc(S(=O)(=O)N(Cc2ccccc2F)c2ccc(C)cc2)c1. The van der Waals surface area contributed by atoms with Crippen LogP contribution in [0.15, 0.2) is 77.7 Å². The molecule has 0 fully saturated rings. The lowest BCUT2D eigenvalue weighted by molar-refractivity contribution is 0.413. The van der Waals surface area contributed by atoms with Gasteiger partial charge >= 0.3 is 0 Å². The van der Waals surface area contributed by atoms with Crippen molar-refractivity contribution in [3.05, 3.63) is 89.7 Å². The molecular weight excluding hydrogens is 365 g/mol. The summed E-state index contributed by atoms with van der Waals surface area (Å²) in [6.45, 7) is 1.80. The Hall–Kier alpha value is -2.86. The van der Waals surface area contributed by atoms with Gasteiger partial charge in [-0.15, -0.1) is 0 Å². The molecule has 0 atom stereocenters. The number of hydrogen-bond donors (Lipinski definition) is 0. The van der Waals surface area contributed by atoms with Crippen LogP contribution in [-0.2, 0) is 16.6 Å². The Bertz CT molecular complexity index is 1030. The number of benzene rings is 3. The van der Waals surface area contributed by atoms with Crippen molar-refractivity contribution >= 4 is 15.7 Å². The molecule has 0 spiro atoms. The molecule has 0 saturated carbocycles. The van der Waals surface area contributed by atoms with Crippen LogP contribution in [0.5, 0.6) is 5.75 Å². The summed E-state index contributed by atoms with van der Waals surface area (Å²) in [4.78, 5) is 0.0822. The molecule has 140 valence electrons. The minimum absolute atomic E-state index is 0.0822. The van der Waals surface area contributed by atoms with Gasteiger partial charge in [0.05, 0.1) is 24.2 Å². The summed E-state index contributed by atoms with van der Waals surface area (Å²) in [5.41, 5.74) is 1.76. The van der Waals surface area contributed by atoms with Gasteiger partial charge in [0.1, 0.15) is 11.6 Å². The van der Waals surface area contributed by atoms with Gasteiger partial charge in [0.2, 0.25) is 0 Å². The van der Waals surface area contributed by atoms with Gasteiger partial charge in [0.15, 0.2) is 0 Å². The molecule has 0 saturated heterocycles. The molecule has 0 aliphatic rings. The van der Waals surface area contributed by atoms with Crippen LogP contribution in [0.1, 0.15) is 11.1 Å². The average molecular weight is 385 g/mol. The van der Waals surface area contributed by atoms with E-state index in [0.29, 0.717) is 17.0 Å². The van der Waals surface area contributed by atoms with Gasteiger partial charge in [-0.2, -0.15) is 0 Å². The predicted octanol–water partition coefficient (Wildman–Crippen LogP) is 4.54. The Balaban J connectivity index is 2.10. The average Bonchev–Trinajstić information content (AvgIpc) is 2.68. The molecule has 6 heteroatoms. The summed E-state index contributed by atoms with van der Waals surface area (Å²) in [5, 5.41) is 0. The quantitative estimate of drug-likeness (QED) is 0.626. The number of nitrogens with zero attached hydrogens (tertiary/aromatic N) is 1. The van der Waals surface area contributed by atoms with Crippen LogP contribution in [0, 0.1) is 12.7 Å². The van der Waals surface area contributed by atoms with Crippen LogP contribution in [0.25, 0.3) is 0 Å². The number of methoxy groups -OCH3 is 1. The van der Waals surface area contributed by atoms with Crippen LogP contribution in [0.4, 0.5) is 10.1 Å². The Morgan fingerprint density at radius 1 is 0.963 bits per heavy atom. The van der Waals surface area contributed by atoms with Gasteiger partial charge in [0, 0.05) is 11.6 Å². The van der Waals surface area contributed by atoms with Gasteiger partial charge in [0.25, 0.3) is 10.0 Å². The van der Waals surface area contributed by atoms with Crippen LogP contribution < -0.4 is 9.04 Å². The molecule has 0 bridgehead atoms. The molecule has 0 heterocycles. The molecule has 0 amide bonds. The smallest absolute Gasteiger partial charge is 0.264 e. The molecule has 0 radical (unpaired) electrons. The van der Waals surface area contributed by atoms with Gasteiger partial charge in [-0.25, -0.2) is 12.8 Å². The zero-order valence-corrected chi connectivity index (χ0v) is 15.9. The van der Waals surface area contributed by atoms with Crippen molar-refractivity contribution in [1.29, 1.82) is 0 Å². The van der Waals surface area contributed by atoms with Crippen molar-refractivity contribution in [3.8, 4) is 5.75 Å². The largest absolute Gasteiger partial charge is 0.497 e. The first-order valence-corrected chi connectivity index (χ1v) is 9.82. The number of hydrogen-bond acceptors (Lipinski definition) is 3. The van der Waals surface area contributed by atoms with E-state index in [1.807, 2.05) is 19.1 Å². The molecule has 27 heavy (non-hydrogen) atoms. The normalized spacial score (nSPS) is 11.2. The molecule has 4 nitrogen and oxygen atoms in total. The highest BCUT2D eigenvalue weighted by Gasteiger charge is 2.26. The fourth-order valence-corrected chi connectivity index (χ4v) is 4.17. The number of anilines is 1. The number of halogens is 1. The Morgan fingerprint density at radius 3 is 2.33 bits per heavy atom. The van der Waals surface area contributed by atoms with Crippen molar-refractivity contribution in [3.63, 3.8) is 0 Å². The Labute approximate surface area is 158 Å². The second-order valence-electron chi connectivity index (χ2n) is 6.12. The zero-order valence-electron chi connectivity index (χ0n) is 15.1. The highest BCUT2D eigenvalue weighted by molar-refractivity contribution is 7.92. The fourth-order valence-electron chi connectivity index (χ4n) is 2.70. The van der Waals surface area contributed by atoms with Gasteiger partial charge in [-0.05, 0) is 37.3 Å². The first-order valence-electron chi connectivity index (χ1n) is 8.38. The molecule has 3 rings (SSSR count). The molecule has 0 unspecified atom stereocenters. The van der Waals surface area contributed by atoms with E-state index >= 15 is 0 Å². The molecule has 0 N–H and O–H groups in total. The van der Waals surface area contributed by atoms with Crippen LogP contribution in [0.2, 0.25) is 0 Å². The summed E-state index contributed by atoms with van der Waals surface area (Å²) >= 11 is 0. The molecule has 3 aromatic rings. The number of sulfonamides is 1. The lowest BCUT2D eigenvalue weighted by Crippen LogP contribution is -2.31. The lowest BCUT2D eigenvalue weighted by Gasteiger charge is -2.25. The van der Waals surface area contributed by atoms with E-state index in [1.165, 1.54) is 29.6 Å². The summed E-state index contributed by atoms with van der Waals surface area (Å²) in [7, 11) is -2.45. The molecule has 3 aromatic carbocycles. The third-order valence-electron chi connectivity index (χ3n) is 4.22. The van der Waals surface area contributed by atoms with E-state index in [2.05, 4.69) is 0 Å². The van der Waals surface area contributed by atoms with E-state index in [4.69, 9.17) is 4.74 Å². The Morgan fingerprint density at radius 2 is 1.67 bits per heavy atom. The second kappa shape index (κ2) is 7.80. The zero-order chi connectivity index (χ0) is 19.4. The summed E-state index contributed by atoms with van der Waals surface area (Å²) < 4.78 is 47.3. The second-order valence-corrected chi connectivity index (χ2v) is 7.98. The molecule has 0 aromatic heterocycles. The number of ether oxygens (including phenoxy) is 1. The minimum atomic E-state index is -3.93. The topological polar surface area (TPSA) is 46.6 Å². The predicted molar refractivity (Wildman–Crippen MR) is 104 cm³/mol. The first kappa shape index (κ1) is 18.9. The van der Waals surface area contributed by atoms with Crippen molar-refractivity contribution in [2.24, 2.45) is 0 Å². The van der Waals surface area contributed by atoms with E-state index in [9.17, 15) is 12.8 Å². The van der Waals surface area contributed by atoms with E-state index < -0.39 is 15.8 Å². The van der Waals surface area contributed by atoms with Gasteiger partial charge < -0.3 is 4.74 Å². The number of aryl methyl sites for hydroxylation is 1. The van der Waals surface area contributed by atoms with Crippen molar-refractivity contribution in [2.45, 2.75) is 18.4 Å². The standard InChI is InChI=1S/C21H20FNO3S/c1-16-10-12-18(13-11-16)23(15-17-6-3-4-9-21(17)22)27(24,25)20-8-5-7-19(14-20)26-2/h3-14H,15H2,1-2H3. The van der Waals surface area contributed by atoms with Crippen LogP contribution in [-0.4, -0.2) is 15.5 Å². The van der Waals surface area contributed by atoms with Crippen molar-refractivity contribution < 1.29 is 17.5 Å². The van der Waals surface area contributed by atoms with E-state index in [1.54, 1.807) is 42.5 Å². The summed E-state index contributed by atoms with van der Waals surface area (Å²) in [6.07, 6.45) is 0. The highest BCUT2D eigenvalue weighted by Crippen LogP contribution is 2.28. The number of rotatable bonds is 6. The maximum absolute atomic E-state index is 14.2. The highest BCUT2D eigenvalue weighted by atomic mass is 32.2. The lowest BCUT2D eigenvalue weighted by atomic mass is 10.2. The van der Waals surface area contributed by atoms with Gasteiger partial charge in [-0.3, -0.25) is 4.31 Å². The van der Waals surface area contributed by atoms with Gasteiger partial charge in [-0.1, -0.05) is 42.0 Å². The van der Waals surface area contributed by atoms with Crippen molar-refractivity contribution in [1.82, 2.24) is 0 Å². The maximum atomic E-state index is 14.2. The van der Waals surface area contributed by atoms with Crippen LogP contribution >= 0.6 is 0 Å². The molecule has 0 aliphatic heterocycles. The molecule has 0 aliphatic carbocycles. The maximum Gasteiger partial charge on any atom is 0.264 e. The third kappa shape index (κ3) is 4.11.